The maximum atomic E-state index is 13.2. The van der Waals surface area contributed by atoms with Crippen LogP contribution in [0.3, 0.4) is 0 Å². The van der Waals surface area contributed by atoms with E-state index in [0.717, 1.165) is 24.8 Å². The monoisotopic (exact) mass is 414 g/mol. The van der Waals surface area contributed by atoms with Crippen LogP contribution in [0, 0.1) is 0 Å². The first-order valence-electron chi connectivity index (χ1n) is 10.2. The van der Waals surface area contributed by atoms with Crippen LogP contribution < -0.4 is 4.90 Å². The number of nitrogens with zero attached hydrogens (tertiary/aromatic N) is 6. The van der Waals surface area contributed by atoms with Crippen molar-refractivity contribution in [1.29, 1.82) is 0 Å². The van der Waals surface area contributed by atoms with Gasteiger partial charge in [0, 0.05) is 5.56 Å². The summed E-state index contributed by atoms with van der Waals surface area (Å²) in [6, 6.07) is 13.6. The van der Waals surface area contributed by atoms with Gasteiger partial charge in [0.25, 0.3) is 11.8 Å². The fourth-order valence-corrected chi connectivity index (χ4v) is 4.47. The lowest BCUT2D eigenvalue weighted by Gasteiger charge is -2.19. The largest absolute Gasteiger partial charge is 0.337 e. The molecule has 0 saturated carbocycles. The number of amides is 2. The second-order valence-electron chi connectivity index (χ2n) is 7.89. The molecule has 1 saturated heterocycles. The first kappa shape index (κ1) is 17.9. The second kappa shape index (κ2) is 6.83. The van der Waals surface area contributed by atoms with E-state index in [-0.39, 0.29) is 18.4 Å². The lowest BCUT2D eigenvalue weighted by molar-refractivity contribution is -0.123. The number of aryl methyl sites for hydroxylation is 2. The van der Waals surface area contributed by atoms with Crippen LogP contribution in [0.2, 0.25) is 0 Å². The highest BCUT2D eigenvalue weighted by Crippen LogP contribution is 2.35. The molecule has 3 aromatic rings. The highest BCUT2D eigenvalue weighted by atomic mass is 16.5. The third kappa shape index (κ3) is 2.84. The van der Waals surface area contributed by atoms with Gasteiger partial charge in [0.05, 0.1) is 5.69 Å². The minimum atomic E-state index is -0.850. The lowest BCUT2D eigenvalue weighted by atomic mass is 10.1. The number of rotatable bonds is 4. The summed E-state index contributed by atoms with van der Waals surface area (Å²) in [5.41, 5.74) is 3.92. The van der Waals surface area contributed by atoms with Gasteiger partial charge in [-0.3, -0.25) is 14.6 Å². The predicted molar refractivity (Wildman–Crippen MR) is 109 cm³/mol. The summed E-state index contributed by atoms with van der Waals surface area (Å²) >= 11 is 0. The Labute approximate surface area is 177 Å². The molecule has 2 aromatic carbocycles. The van der Waals surface area contributed by atoms with Gasteiger partial charge >= 0.3 is 0 Å². The lowest BCUT2D eigenvalue weighted by Crippen LogP contribution is -2.39. The van der Waals surface area contributed by atoms with Crippen molar-refractivity contribution in [2.24, 2.45) is 10.3 Å². The highest BCUT2D eigenvalue weighted by molar-refractivity contribution is 6.25. The van der Waals surface area contributed by atoms with Gasteiger partial charge in [-0.05, 0) is 42.5 Å². The summed E-state index contributed by atoms with van der Waals surface area (Å²) in [5.74, 6) is 0.0713. The van der Waals surface area contributed by atoms with E-state index < -0.39 is 12.1 Å². The number of carbonyl (C=O) groups is 2. The van der Waals surface area contributed by atoms with Crippen LogP contribution >= 0.6 is 0 Å². The summed E-state index contributed by atoms with van der Waals surface area (Å²) < 4.78 is 5.34. The zero-order valence-electron chi connectivity index (χ0n) is 16.5. The number of benzene rings is 2. The molecule has 2 atom stereocenters. The molecule has 2 unspecified atom stereocenters. The third-order valence-electron chi connectivity index (χ3n) is 6.00. The number of anilines is 1. The topological polar surface area (TPSA) is 104 Å². The SMILES string of the molecule is O=C1C2N=NN(Cc3nc(-c4ccccc4)no3)C2C(=O)N1c1ccc2c(c1)CCC2. The molecule has 1 aromatic heterocycles. The smallest absolute Gasteiger partial charge is 0.263 e. The van der Waals surface area contributed by atoms with Gasteiger partial charge in [-0.15, -0.1) is 0 Å². The van der Waals surface area contributed by atoms with Gasteiger partial charge in [0.1, 0.15) is 6.54 Å². The molecule has 3 heterocycles. The van der Waals surface area contributed by atoms with Crippen molar-refractivity contribution in [2.75, 3.05) is 4.90 Å². The summed E-state index contributed by atoms with van der Waals surface area (Å²) in [6.07, 6.45) is 3.11. The Morgan fingerprint density at radius 2 is 1.84 bits per heavy atom. The first-order valence-corrected chi connectivity index (χ1v) is 10.2. The maximum absolute atomic E-state index is 13.2. The van der Waals surface area contributed by atoms with Crippen LogP contribution in [0.1, 0.15) is 23.4 Å². The van der Waals surface area contributed by atoms with E-state index in [9.17, 15) is 9.59 Å². The van der Waals surface area contributed by atoms with E-state index in [1.54, 1.807) is 0 Å². The molecule has 0 N–H and O–H groups in total. The summed E-state index contributed by atoms with van der Waals surface area (Å²) in [5, 5.41) is 13.6. The number of hydrogen-bond donors (Lipinski definition) is 0. The quantitative estimate of drug-likeness (QED) is 0.608. The Bertz CT molecular complexity index is 1220. The van der Waals surface area contributed by atoms with Crippen LogP contribution in [-0.4, -0.2) is 39.0 Å². The maximum Gasteiger partial charge on any atom is 0.263 e. The van der Waals surface area contributed by atoms with E-state index in [1.165, 1.54) is 21.0 Å². The molecular weight excluding hydrogens is 396 g/mol. The standard InChI is InChI=1S/C22H18N6O3/c29-21-18-19(22(30)28(21)16-10-9-13-7-4-8-15(13)11-16)27(26-24-18)12-17-23-20(25-31-17)14-5-2-1-3-6-14/h1-3,5-6,9-11,18-19H,4,7-8,12H2. The average molecular weight is 414 g/mol. The number of hydrogen-bond acceptors (Lipinski definition) is 8. The van der Waals surface area contributed by atoms with Crippen molar-refractivity contribution in [3.8, 4) is 11.4 Å². The van der Waals surface area contributed by atoms with Crippen LogP contribution in [0.15, 0.2) is 63.4 Å². The van der Waals surface area contributed by atoms with Crippen LogP contribution in [0.25, 0.3) is 11.4 Å². The van der Waals surface area contributed by atoms with Crippen molar-refractivity contribution in [3.05, 3.63) is 65.5 Å². The highest BCUT2D eigenvalue weighted by Gasteiger charge is 2.55. The number of aromatic nitrogens is 2. The van der Waals surface area contributed by atoms with Crippen molar-refractivity contribution < 1.29 is 14.1 Å². The van der Waals surface area contributed by atoms with Crippen molar-refractivity contribution >= 4 is 17.5 Å². The van der Waals surface area contributed by atoms with Gasteiger partial charge in [-0.1, -0.05) is 46.8 Å². The zero-order chi connectivity index (χ0) is 20.9. The molecule has 0 spiro atoms. The molecule has 3 aliphatic rings. The van der Waals surface area contributed by atoms with Crippen LogP contribution in [-0.2, 0) is 29.0 Å². The predicted octanol–water partition coefficient (Wildman–Crippen LogP) is 2.72. The normalized spacial score (nSPS) is 21.8. The number of fused-ring (bicyclic) bond motifs is 2. The third-order valence-corrected chi connectivity index (χ3v) is 6.00. The molecule has 0 bridgehead atoms. The van der Waals surface area contributed by atoms with Gasteiger partial charge in [-0.2, -0.15) is 10.1 Å². The minimum absolute atomic E-state index is 0.0988. The van der Waals surface area contributed by atoms with E-state index >= 15 is 0 Å². The van der Waals surface area contributed by atoms with Crippen molar-refractivity contribution in [1.82, 2.24) is 15.1 Å². The summed E-state index contributed by atoms with van der Waals surface area (Å²) in [4.78, 5) is 31.8. The van der Waals surface area contributed by atoms with Gasteiger partial charge in [0.15, 0.2) is 12.1 Å². The molecule has 0 radical (unpaired) electrons. The van der Waals surface area contributed by atoms with E-state index in [1.807, 2.05) is 48.5 Å². The number of carbonyl (C=O) groups excluding carboxylic acids is 2. The van der Waals surface area contributed by atoms with Crippen molar-refractivity contribution in [2.45, 2.75) is 37.9 Å². The van der Waals surface area contributed by atoms with Gasteiger partial charge in [0.2, 0.25) is 11.7 Å². The average Bonchev–Trinajstić information content (AvgIpc) is 3.56. The molecule has 2 aliphatic heterocycles. The Balaban J connectivity index is 1.24. The second-order valence-corrected chi connectivity index (χ2v) is 7.89. The Morgan fingerprint density at radius 1 is 1.00 bits per heavy atom. The molecule has 154 valence electrons. The first-order chi connectivity index (χ1) is 15.2. The zero-order valence-corrected chi connectivity index (χ0v) is 16.5. The molecule has 9 heteroatoms. The van der Waals surface area contributed by atoms with E-state index in [2.05, 4.69) is 20.5 Å². The Kier molecular flexibility index (Phi) is 3.95. The van der Waals surface area contributed by atoms with E-state index in [4.69, 9.17) is 4.52 Å². The van der Waals surface area contributed by atoms with Crippen molar-refractivity contribution in [3.63, 3.8) is 0 Å². The summed E-state index contributed by atoms with van der Waals surface area (Å²) in [7, 11) is 0. The van der Waals surface area contributed by atoms with Gasteiger partial charge in [-0.25, -0.2) is 4.90 Å². The molecule has 1 fully saturated rings. The minimum Gasteiger partial charge on any atom is -0.337 e. The summed E-state index contributed by atoms with van der Waals surface area (Å²) in [6.45, 7) is 0.0988. The Morgan fingerprint density at radius 3 is 2.71 bits per heavy atom. The fourth-order valence-electron chi connectivity index (χ4n) is 4.47. The Hall–Kier alpha value is -3.88. The molecule has 1 aliphatic carbocycles. The molecular formula is C22H18N6O3. The van der Waals surface area contributed by atoms with Gasteiger partial charge < -0.3 is 4.52 Å². The molecule has 6 rings (SSSR count). The molecule has 2 amide bonds. The molecule has 31 heavy (non-hydrogen) atoms. The van der Waals surface area contributed by atoms with Crippen LogP contribution in [0.5, 0.6) is 0 Å². The number of imide groups is 1. The van der Waals surface area contributed by atoms with E-state index in [0.29, 0.717) is 17.4 Å². The fraction of sp³-hybridized carbons (Fsp3) is 0.273. The van der Waals surface area contributed by atoms with Crippen LogP contribution in [0.4, 0.5) is 5.69 Å². The molecule has 9 nitrogen and oxygen atoms in total.